The summed E-state index contributed by atoms with van der Waals surface area (Å²) in [4.78, 5) is 23.2. The van der Waals surface area contributed by atoms with Crippen LogP contribution in [0.25, 0.3) is 11.1 Å². The minimum atomic E-state index is -1.19. The maximum absolute atomic E-state index is 12.1. The quantitative estimate of drug-likeness (QED) is 0.800. The first-order valence-electron chi connectivity index (χ1n) is 8.15. The summed E-state index contributed by atoms with van der Waals surface area (Å²) in [5.41, 5.74) is 4.42. The third-order valence-corrected chi connectivity index (χ3v) is 4.51. The number of alkyl carbamates (subject to hydrolysis) is 1. The normalized spacial score (nSPS) is 13.4. The smallest absolute Gasteiger partial charge is 0.407 e. The molecule has 2 aromatic rings. The highest BCUT2D eigenvalue weighted by Crippen LogP contribution is 2.44. The molecule has 0 spiro atoms. The highest BCUT2D eigenvalue weighted by molar-refractivity contribution is 6.29. The molecule has 1 atom stereocenters. The van der Waals surface area contributed by atoms with E-state index in [-0.39, 0.29) is 24.0 Å². The molecule has 0 bridgehead atoms. The topological polar surface area (TPSA) is 75.6 Å². The summed E-state index contributed by atoms with van der Waals surface area (Å²) in [7, 11) is 0. The number of nitrogens with one attached hydrogen (secondary N) is 1. The summed E-state index contributed by atoms with van der Waals surface area (Å²) in [6.07, 6.45) is -0.863. The first-order chi connectivity index (χ1) is 12.5. The lowest BCUT2D eigenvalue weighted by molar-refractivity contribution is -0.139. The van der Waals surface area contributed by atoms with Crippen LogP contribution in [0.1, 0.15) is 23.5 Å². The van der Waals surface area contributed by atoms with Gasteiger partial charge in [-0.3, -0.25) is 0 Å². The van der Waals surface area contributed by atoms with Gasteiger partial charge in [0.05, 0.1) is 0 Å². The van der Waals surface area contributed by atoms with Crippen molar-refractivity contribution < 1.29 is 19.4 Å². The Morgan fingerprint density at radius 2 is 1.65 bits per heavy atom. The number of amides is 1. The minimum Gasteiger partial charge on any atom is -0.480 e. The Labute approximate surface area is 156 Å². The summed E-state index contributed by atoms with van der Waals surface area (Å²) in [5.74, 6) is -1.28. The number of hydrogen-bond donors (Lipinski definition) is 2. The highest BCUT2D eigenvalue weighted by atomic mass is 35.5. The van der Waals surface area contributed by atoms with Crippen molar-refractivity contribution in [2.75, 3.05) is 6.61 Å². The molecular formula is C20H18ClNO4. The van der Waals surface area contributed by atoms with E-state index in [0.29, 0.717) is 0 Å². The third-order valence-electron chi connectivity index (χ3n) is 4.36. The van der Waals surface area contributed by atoms with Crippen LogP contribution in [0.4, 0.5) is 4.79 Å². The molecule has 0 aliphatic heterocycles. The molecule has 1 unspecified atom stereocenters. The van der Waals surface area contributed by atoms with Gasteiger partial charge in [0.25, 0.3) is 0 Å². The van der Waals surface area contributed by atoms with Crippen LogP contribution in [0.2, 0.25) is 0 Å². The number of aliphatic carboxylic acids is 1. The van der Waals surface area contributed by atoms with Crippen molar-refractivity contribution in [3.63, 3.8) is 0 Å². The van der Waals surface area contributed by atoms with E-state index in [1.54, 1.807) is 0 Å². The lowest BCUT2D eigenvalue weighted by Gasteiger charge is -2.17. The van der Waals surface area contributed by atoms with Gasteiger partial charge in [-0.15, -0.1) is 0 Å². The number of fused-ring (bicyclic) bond motifs is 3. The van der Waals surface area contributed by atoms with E-state index in [1.807, 2.05) is 48.5 Å². The van der Waals surface area contributed by atoms with Gasteiger partial charge in [0, 0.05) is 17.4 Å². The fraction of sp³-hybridized carbons (Fsp3) is 0.200. The van der Waals surface area contributed by atoms with Crippen molar-refractivity contribution in [1.82, 2.24) is 5.32 Å². The number of halogens is 1. The maximum atomic E-state index is 12.1. The molecule has 0 heterocycles. The van der Waals surface area contributed by atoms with Crippen molar-refractivity contribution >= 4 is 23.7 Å². The number of hydrogen-bond acceptors (Lipinski definition) is 3. The molecule has 0 aromatic heterocycles. The molecule has 1 aliphatic rings. The van der Waals surface area contributed by atoms with E-state index in [9.17, 15) is 9.59 Å². The molecule has 6 heteroatoms. The Bertz CT molecular complexity index is 819. The Morgan fingerprint density at radius 3 is 2.15 bits per heavy atom. The lowest BCUT2D eigenvalue weighted by atomic mass is 9.98. The fourth-order valence-corrected chi connectivity index (χ4v) is 3.36. The number of benzene rings is 2. The van der Waals surface area contributed by atoms with Crippen molar-refractivity contribution in [1.29, 1.82) is 0 Å². The van der Waals surface area contributed by atoms with Crippen LogP contribution in [0.5, 0.6) is 0 Å². The van der Waals surface area contributed by atoms with E-state index in [4.69, 9.17) is 21.4 Å². The van der Waals surface area contributed by atoms with Gasteiger partial charge in [-0.1, -0.05) is 66.7 Å². The summed E-state index contributed by atoms with van der Waals surface area (Å²) < 4.78 is 5.32. The number of carbonyl (C=O) groups is 2. The molecule has 3 rings (SSSR count). The van der Waals surface area contributed by atoms with Gasteiger partial charge >= 0.3 is 12.1 Å². The molecule has 0 saturated carbocycles. The molecule has 2 N–H and O–H groups in total. The highest BCUT2D eigenvalue weighted by Gasteiger charge is 2.29. The van der Waals surface area contributed by atoms with Gasteiger partial charge in [0.2, 0.25) is 0 Å². The van der Waals surface area contributed by atoms with Crippen LogP contribution >= 0.6 is 11.6 Å². The second-order valence-corrected chi connectivity index (χ2v) is 6.62. The fourth-order valence-electron chi connectivity index (χ4n) is 3.20. The van der Waals surface area contributed by atoms with Gasteiger partial charge in [-0.25, -0.2) is 9.59 Å². The first kappa shape index (κ1) is 18.0. The van der Waals surface area contributed by atoms with Gasteiger partial charge < -0.3 is 15.2 Å². The number of carbonyl (C=O) groups excluding carboxylic acids is 1. The second-order valence-electron chi connectivity index (χ2n) is 6.08. The second kappa shape index (κ2) is 7.62. The predicted molar refractivity (Wildman–Crippen MR) is 99.2 cm³/mol. The molecular weight excluding hydrogens is 354 g/mol. The molecule has 0 saturated heterocycles. The first-order valence-corrected chi connectivity index (χ1v) is 8.52. The number of ether oxygens (including phenoxy) is 1. The molecule has 26 heavy (non-hydrogen) atoms. The van der Waals surface area contributed by atoms with Crippen molar-refractivity contribution in [2.45, 2.75) is 18.4 Å². The predicted octanol–water partition coefficient (Wildman–Crippen LogP) is 4.12. The average Bonchev–Trinajstić information content (AvgIpc) is 2.93. The van der Waals surface area contributed by atoms with E-state index >= 15 is 0 Å². The van der Waals surface area contributed by atoms with Crippen LogP contribution in [0.15, 0.2) is 60.1 Å². The Morgan fingerprint density at radius 1 is 1.12 bits per heavy atom. The van der Waals surface area contributed by atoms with Crippen molar-refractivity contribution in [3.05, 3.63) is 71.3 Å². The summed E-state index contributed by atoms with van der Waals surface area (Å²) in [6.45, 7) is 3.57. The number of rotatable bonds is 6. The largest absolute Gasteiger partial charge is 0.480 e. The zero-order valence-electron chi connectivity index (χ0n) is 13.9. The molecule has 2 aromatic carbocycles. The van der Waals surface area contributed by atoms with Crippen molar-refractivity contribution in [2.24, 2.45) is 0 Å². The number of carboxylic acids is 1. The van der Waals surface area contributed by atoms with Gasteiger partial charge in [0.15, 0.2) is 0 Å². The molecule has 134 valence electrons. The third kappa shape index (κ3) is 3.73. The summed E-state index contributed by atoms with van der Waals surface area (Å²) in [6, 6.07) is 14.8. The van der Waals surface area contributed by atoms with Crippen LogP contribution < -0.4 is 5.32 Å². The van der Waals surface area contributed by atoms with E-state index < -0.39 is 18.1 Å². The summed E-state index contributed by atoms with van der Waals surface area (Å²) >= 11 is 5.64. The number of carboxylic acid groups (broad SMARTS) is 1. The standard InChI is InChI=1S/C20H18ClNO4/c1-12(21)10-18(19(23)24)22-20(25)26-11-17-15-8-4-2-6-13(15)14-7-3-5-9-16(14)17/h2-9,17-18H,1,10-11H2,(H,22,25)(H,23,24). The van der Waals surface area contributed by atoms with Gasteiger partial charge in [-0.2, -0.15) is 0 Å². The SMILES string of the molecule is C=C(Cl)CC(NC(=O)OCC1c2ccccc2-c2ccccc21)C(=O)O. The zero-order chi connectivity index (χ0) is 18.7. The molecule has 1 aliphatic carbocycles. The Hall–Kier alpha value is -2.79. The molecule has 1 amide bonds. The molecule has 0 fully saturated rings. The van der Waals surface area contributed by atoms with Crippen LogP contribution in [0, 0.1) is 0 Å². The maximum Gasteiger partial charge on any atom is 0.407 e. The van der Waals surface area contributed by atoms with Crippen LogP contribution in [0.3, 0.4) is 0 Å². The molecule has 0 radical (unpaired) electrons. The Balaban J connectivity index is 1.71. The van der Waals surface area contributed by atoms with E-state index in [0.717, 1.165) is 22.3 Å². The zero-order valence-corrected chi connectivity index (χ0v) is 14.7. The van der Waals surface area contributed by atoms with Gasteiger partial charge in [0.1, 0.15) is 12.6 Å². The lowest BCUT2D eigenvalue weighted by Crippen LogP contribution is -2.41. The van der Waals surface area contributed by atoms with Crippen LogP contribution in [-0.2, 0) is 9.53 Å². The Kier molecular flexibility index (Phi) is 5.28. The van der Waals surface area contributed by atoms with E-state index in [2.05, 4.69) is 11.9 Å². The monoisotopic (exact) mass is 371 g/mol. The average molecular weight is 372 g/mol. The van der Waals surface area contributed by atoms with Crippen LogP contribution in [-0.4, -0.2) is 29.8 Å². The van der Waals surface area contributed by atoms with Crippen molar-refractivity contribution in [3.8, 4) is 11.1 Å². The minimum absolute atomic E-state index is 0.0684. The summed E-state index contributed by atoms with van der Waals surface area (Å²) in [5, 5.41) is 11.6. The molecule has 5 nitrogen and oxygen atoms in total. The van der Waals surface area contributed by atoms with E-state index in [1.165, 1.54) is 0 Å². The van der Waals surface area contributed by atoms with Gasteiger partial charge in [-0.05, 0) is 22.3 Å².